The van der Waals surface area contributed by atoms with Crippen molar-refractivity contribution < 1.29 is 26.4 Å². The number of hydrogen-bond donors (Lipinski definition) is 1. The van der Waals surface area contributed by atoms with Gasteiger partial charge >= 0.3 is 0 Å². The number of rotatable bonds is 6. The molecule has 2 aliphatic heterocycles. The molecule has 1 amide bonds. The van der Waals surface area contributed by atoms with E-state index in [0.717, 1.165) is 0 Å². The highest BCUT2D eigenvalue weighted by atomic mass is 32.2. The fraction of sp³-hybridized carbons (Fsp3) is 0.923. The minimum absolute atomic E-state index is 0.0265. The molecule has 2 heterocycles. The first-order valence-electron chi connectivity index (χ1n) is 7.71. The Labute approximate surface area is 137 Å². The van der Waals surface area contributed by atoms with E-state index in [0.29, 0.717) is 25.8 Å². The SMILES string of the molecule is COCCS(=O)(=O)N1CCCC(C(=O)NC2CCS(=O)(=O)C2)C1. The van der Waals surface area contributed by atoms with Crippen LogP contribution in [0.5, 0.6) is 0 Å². The van der Waals surface area contributed by atoms with Crippen LogP contribution in [0.15, 0.2) is 0 Å². The van der Waals surface area contributed by atoms with E-state index in [1.807, 2.05) is 0 Å². The summed E-state index contributed by atoms with van der Waals surface area (Å²) in [6.45, 7) is 0.681. The molecule has 0 radical (unpaired) electrons. The molecule has 0 bridgehead atoms. The average Bonchev–Trinajstić information content (AvgIpc) is 2.84. The van der Waals surface area contributed by atoms with E-state index in [9.17, 15) is 21.6 Å². The number of methoxy groups -OCH3 is 1. The summed E-state index contributed by atoms with van der Waals surface area (Å²) in [7, 11) is -5.03. The van der Waals surface area contributed by atoms with Crippen LogP contribution in [0, 0.1) is 5.92 Å². The minimum atomic E-state index is -3.43. The van der Waals surface area contributed by atoms with Gasteiger partial charge in [0.1, 0.15) is 0 Å². The first-order chi connectivity index (χ1) is 10.7. The predicted molar refractivity (Wildman–Crippen MR) is 85.2 cm³/mol. The molecule has 2 fully saturated rings. The molecule has 8 nitrogen and oxygen atoms in total. The molecule has 2 aliphatic rings. The molecule has 10 heteroatoms. The number of amides is 1. The van der Waals surface area contributed by atoms with Gasteiger partial charge in [-0.25, -0.2) is 21.1 Å². The van der Waals surface area contributed by atoms with Crippen LogP contribution in [0.4, 0.5) is 0 Å². The van der Waals surface area contributed by atoms with Gasteiger partial charge < -0.3 is 10.1 Å². The van der Waals surface area contributed by atoms with Crippen molar-refractivity contribution in [2.24, 2.45) is 5.92 Å². The maximum Gasteiger partial charge on any atom is 0.224 e. The first-order valence-corrected chi connectivity index (χ1v) is 11.1. The summed E-state index contributed by atoms with van der Waals surface area (Å²) in [6.07, 6.45) is 1.66. The second-order valence-corrected chi connectivity index (χ2v) is 10.4. The predicted octanol–water partition coefficient (Wildman–Crippen LogP) is -1.02. The monoisotopic (exact) mass is 368 g/mol. The summed E-state index contributed by atoms with van der Waals surface area (Å²) in [5.41, 5.74) is 0. The summed E-state index contributed by atoms with van der Waals surface area (Å²) in [4.78, 5) is 12.3. The fourth-order valence-corrected chi connectivity index (χ4v) is 6.08. The lowest BCUT2D eigenvalue weighted by atomic mass is 9.98. The minimum Gasteiger partial charge on any atom is -0.384 e. The van der Waals surface area contributed by atoms with E-state index >= 15 is 0 Å². The van der Waals surface area contributed by atoms with Crippen molar-refractivity contribution in [2.45, 2.75) is 25.3 Å². The molecular formula is C13H24N2O6S2. The normalized spacial score (nSPS) is 28.6. The standard InChI is InChI=1S/C13H24N2O6S2/c1-21-6-8-23(19,20)15-5-2-3-11(9-15)13(16)14-12-4-7-22(17,18)10-12/h11-12H,2-10H2,1H3,(H,14,16). The third-order valence-corrected chi connectivity index (χ3v) is 7.84. The number of sulfone groups is 1. The zero-order valence-corrected chi connectivity index (χ0v) is 14.9. The van der Waals surface area contributed by atoms with E-state index in [2.05, 4.69) is 5.32 Å². The van der Waals surface area contributed by atoms with Gasteiger partial charge in [0.05, 0.1) is 29.8 Å². The Morgan fingerprint density at radius 3 is 2.70 bits per heavy atom. The van der Waals surface area contributed by atoms with Crippen LogP contribution < -0.4 is 5.32 Å². The molecule has 134 valence electrons. The van der Waals surface area contributed by atoms with E-state index in [1.54, 1.807) is 0 Å². The second kappa shape index (κ2) is 7.45. The van der Waals surface area contributed by atoms with E-state index in [1.165, 1.54) is 11.4 Å². The van der Waals surface area contributed by atoms with Crippen LogP contribution >= 0.6 is 0 Å². The smallest absolute Gasteiger partial charge is 0.224 e. The molecule has 0 aromatic rings. The molecule has 1 N–H and O–H groups in total. The second-order valence-electron chi connectivity index (χ2n) is 6.11. The molecule has 0 aromatic heterocycles. The number of nitrogens with zero attached hydrogens (tertiary/aromatic N) is 1. The van der Waals surface area contributed by atoms with Gasteiger partial charge in [-0.15, -0.1) is 0 Å². The Morgan fingerprint density at radius 2 is 2.09 bits per heavy atom. The largest absolute Gasteiger partial charge is 0.384 e. The Kier molecular flexibility index (Phi) is 6.04. The summed E-state index contributed by atoms with van der Waals surface area (Å²) in [5, 5.41) is 2.76. The highest BCUT2D eigenvalue weighted by molar-refractivity contribution is 7.91. The summed E-state index contributed by atoms with van der Waals surface area (Å²) >= 11 is 0. The maximum atomic E-state index is 12.3. The molecule has 0 spiro atoms. The Balaban J connectivity index is 1.91. The fourth-order valence-electron chi connectivity index (χ4n) is 2.95. The lowest BCUT2D eigenvalue weighted by Gasteiger charge is -2.31. The van der Waals surface area contributed by atoms with Crippen molar-refractivity contribution >= 4 is 25.8 Å². The Hall–Kier alpha value is -0.710. The molecule has 0 saturated carbocycles. The van der Waals surface area contributed by atoms with Gasteiger partial charge in [-0.2, -0.15) is 0 Å². The quantitative estimate of drug-likeness (QED) is 0.642. The van der Waals surface area contributed by atoms with Crippen molar-refractivity contribution in [1.82, 2.24) is 9.62 Å². The molecule has 2 saturated heterocycles. The number of hydrogen-bond acceptors (Lipinski definition) is 6. The number of ether oxygens (including phenoxy) is 1. The van der Waals surface area contributed by atoms with Crippen LogP contribution in [-0.2, 0) is 29.4 Å². The molecule has 2 atom stereocenters. The molecule has 0 aromatic carbocycles. The summed E-state index contributed by atoms with van der Waals surface area (Å²) in [5.74, 6) is -0.705. The van der Waals surface area contributed by atoms with Gasteiger partial charge in [0.15, 0.2) is 9.84 Å². The lowest BCUT2D eigenvalue weighted by Crippen LogP contribution is -2.48. The summed E-state index contributed by atoms with van der Waals surface area (Å²) in [6, 6.07) is -0.354. The van der Waals surface area contributed by atoms with Crippen molar-refractivity contribution in [1.29, 1.82) is 0 Å². The zero-order chi connectivity index (χ0) is 17.1. The molecule has 2 rings (SSSR count). The maximum absolute atomic E-state index is 12.3. The Bertz CT molecular complexity index is 631. The van der Waals surface area contributed by atoms with Crippen LogP contribution in [-0.4, -0.2) is 77.2 Å². The number of carbonyl (C=O) groups excluding carboxylic acids is 1. The van der Waals surface area contributed by atoms with Crippen molar-refractivity contribution in [3.05, 3.63) is 0 Å². The van der Waals surface area contributed by atoms with Gasteiger partial charge in [-0.1, -0.05) is 0 Å². The van der Waals surface area contributed by atoms with Crippen molar-refractivity contribution in [2.75, 3.05) is 44.1 Å². The highest BCUT2D eigenvalue weighted by Crippen LogP contribution is 2.21. The van der Waals surface area contributed by atoms with E-state index < -0.39 is 25.8 Å². The van der Waals surface area contributed by atoms with Crippen molar-refractivity contribution in [3.63, 3.8) is 0 Å². The molecule has 23 heavy (non-hydrogen) atoms. The highest BCUT2D eigenvalue weighted by Gasteiger charge is 2.35. The van der Waals surface area contributed by atoms with Crippen LogP contribution in [0.25, 0.3) is 0 Å². The van der Waals surface area contributed by atoms with Gasteiger partial charge in [-0.05, 0) is 19.3 Å². The van der Waals surface area contributed by atoms with Crippen LogP contribution in [0.3, 0.4) is 0 Å². The first kappa shape index (κ1) is 18.6. The average molecular weight is 368 g/mol. The third-order valence-electron chi connectivity index (χ3n) is 4.27. The van der Waals surface area contributed by atoms with Gasteiger partial charge in [0.2, 0.25) is 15.9 Å². The number of nitrogens with one attached hydrogen (secondary N) is 1. The zero-order valence-electron chi connectivity index (χ0n) is 13.2. The van der Waals surface area contributed by atoms with Gasteiger partial charge in [0.25, 0.3) is 0 Å². The Morgan fingerprint density at radius 1 is 1.35 bits per heavy atom. The van der Waals surface area contributed by atoms with E-state index in [-0.39, 0.29) is 42.4 Å². The third kappa shape index (κ3) is 5.13. The number of piperidine rings is 1. The number of carbonyl (C=O) groups is 1. The van der Waals surface area contributed by atoms with E-state index in [4.69, 9.17) is 4.74 Å². The van der Waals surface area contributed by atoms with Gasteiger partial charge in [0, 0.05) is 26.2 Å². The van der Waals surface area contributed by atoms with Crippen LogP contribution in [0.1, 0.15) is 19.3 Å². The number of sulfonamides is 1. The van der Waals surface area contributed by atoms with Gasteiger partial charge in [-0.3, -0.25) is 4.79 Å². The summed E-state index contributed by atoms with van der Waals surface area (Å²) < 4.78 is 53.4. The molecular weight excluding hydrogens is 344 g/mol. The lowest BCUT2D eigenvalue weighted by molar-refractivity contribution is -0.126. The molecule has 0 aliphatic carbocycles. The molecule has 2 unspecified atom stereocenters. The topological polar surface area (TPSA) is 110 Å². The van der Waals surface area contributed by atoms with Crippen molar-refractivity contribution in [3.8, 4) is 0 Å². The van der Waals surface area contributed by atoms with Crippen LogP contribution in [0.2, 0.25) is 0 Å².